The van der Waals surface area contributed by atoms with E-state index in [0.29, 0.717) is 0 Å². The SMILES string of the molecule is CCCC/C=C/COC(=O)c1ccccc1C(=O)OC/C=C/CCCC. The van der Waals surface area contributed by atoms with Crippen LogP contribution in [0.5, 0.6) is 0 Å². The molecule has 0 aliphatic carbocycles. The van der Waals surface area contributed by atoms with Crippen LogP contribution in [0.1, 0.15) is 73.1 Å². The molecule has 0 saturated carbocycles. The fraction of sp³-hybridized carbons (Fsp3) is 0.455. The van der Waals surface area contributed by atoms with Crippen molar-refractivity contribution in [1.29, 1.82) is 0 Å². The topological polar surface area (TPSA) is 52.6 Å². The van der Waals surface area contributed by atoms with Crippen LogP contribution in [-0.2, 0) is 9.47 Å². The summed E-state index contributed by atoms with van der Waals surface area (Å²) in [5.74, 6) is -1.03. The van der Waals surface area contributed by atoms with Crippen LogP contribution in [-0.4, -0.2) is 25.2 Å². The minimum Gasteiger partial charge on any atom is -0.458 e. The van der Waals surface area contributed by atoms with Crippen LogP contribution in [0.2, 0.25) is 0 Å². The van der Waals surface area contributed by atoms with Crippen molar-refractivity contribution in [2.75, 3.05) is 13.2 Å². The number of esters is 2. The maximum atomic E-state index is 12.2. The first-order valence-corrected chi connectivity index (χ1v) is 9.44. The van der Waals surface area contributed by atoms with Gasteiger partial charge in [-0.05, 0) is 25.0 Å². The normalized spacial score (nSPS) is 11.2. The Morgan fingerprint density at radius 1 is 0.769 bits per heavy atom. The summed E-state index contributed by atoms with van der Waals surface area (Å²) in [4.78, 5) is 24.5. The molecule has 4 nitrogen and oxygen atoms in total. The van der Waals surface area contributed by atoms with E-state index in [1.54, 1.807) is 24.3 Å². The van der Waals surface area contributed by atoms with E-state index in [9.17, 15) is 9.59 Å². The van der Waals surface area contributed by atoms with Gasteiger partial charge in [-0.3, -0.25) is 0 Å². The molecular weight excluding hydrogens is 328 g/mol. The molecule has 0 amide bonds. The van der Waals surface area contributed by atoms with Crippen LogP contribution < -0.4 is 0 Å². The maximum Gasteiger partial charge on any atom is 0.339 e. The van der Waals surface area contributed by atoms with Gasteiger partial charge in [-0.25, -0.2) is 9.59 Å². The summed E-state index contributed by atoms with van der Waals surface area (Å²) in [6.45, 7) is 4.66. The molecule has 1 rings (SSSR count). The highest BCUT2D eigenvalue weighted by Gasteiger charge is 2.18. The summed E-state index contributed by atoms with van der Waals surface area (Å²) in [5.41, 5.74) is 0.462. The van der Waals surface area contributed by atoms with Gasteiger partial charge in [0.05, 0.1) is 11.1 Å². The molecule has 0 radical (unpaired) electrons. The van der Waals surface area contributed by atoms with Crippen LogP contribution in [0.3, 0.4) is 0 Å². The van der Waals surface area contributed by atoms with Gasteiger partial charge in [-0.2, -0.15) is 0 Å². The highest BCUT2D eigenvalue weighted by Crippen LogP contribution is 2.12. The van der Waals surface area contributed by atoms with Crippen LogP contribution in [0.15, 0.2) is 48.6 Å². The zero-order valence-corrected chi connectivity index (χ0v) is 15.9. The molecule has 0 N–H and O–H groups in total. The number of hydrogen-bond acceptors (Lipinski definition) is 4. The predicted octanol–water partition coefficient (Wildman–Crippen LogP) is 5.49. The number of hydrogen-bond donors (Lipinski definition) is 0. The van der Waals surface area contributed by atoms with Crippen LogP contribution in [0.25, 0.3) is 0 Å². The first-order chi connectivity index (χ1) is 12.7. The summed E-state index contributed by atoms with van der Waals surface area (Å²) >= 11 is 0. The zero-order chi connectivity index (χ0) is 19.0. The van der Waals surface area contributed by atoms with Gasteiger partial charge in [0.1, 0.15) is 13.2 Å². The van der Waals surface area contributed by atoms with E-state index in [0.717, 1.165) is 38.5 Å². The van der Waals surface area contributed by atoms with Crippen LogP contribution in [0.4, 0.5) is 0 Å². The van der Waals surface area contributed by atoms with Gasteiger partial charge in [0.15, 0.2) is 0 Å². The van der Waals surface area contributed by atoms with Crippen molar-refractivity contribution in [3.05, 3.63) is 59.7 Å². The lowest BCUT2D eigenvalue weighted by molar-refractivity contribution is 0.0502. The lowest BCUT2D eigenvalue weighted by Gasteiger charge is -2.08. The summed E-state index contributed by atoms with van der Waals surface area (Å²) in [6, 6.07) is 6.57. The van der Waals surface area contributed by atoms with Crippen molar-refractivity contribution < 1.29 is 19.1 Å². The number of benzene rings is 1. The predicted molar refractivity (Wildman–Crippen MR) is 104 cm³/mol. The number of carbonyl (C=O) groups is 2. The van der Waals surface area contributed by atoms with E-state index < -0.39 is 11.9 Å². The number of unbranched alkanes of at least 4 members (excludes halogenated alkanes) is 4. The molecule has 0 aromatic heterocycles. The van der Waals surface area contributed by atoms with Crippen LogP contribution in [0, 0.1) is 0 Å². The van der Waals surface area contributed by atoms with Crippen molar-refractivity contribution in [1.82, 2.24) is 0 Å². The minimum atomic E-state index is -0.517. The fourth-order valence-corrected chi connectivity index (χ4v) is 2.26. The van der Waals surface area contributed by atoms with E-state index >= 15 is 0 Å². The molecule has 0 saturated heterocycles. The van der Waals surface area contributed by atoms with E-state index in [-0.39, 0.29) is 24.3 Å². The van der Waals surface area contributed by atoms with Gasteiger partial charge in [-0.1, -0.05) is 76.0 Å². The summed E-state index contributed by atoms with van der Waals surface area (Å²) in [5, 5.41) is 0. The first kappa shape index (κ1) is 21.7. The molecule has 142 valence electrons. The van der Waals surface area contributed by atoms with Gasteiger partial charge < -0.3 is 9.47 Å². The van der Waals surface area contributed by atoms with E-state index in [1.807, 2.05) is 24.3 Å². The van der Waals surface area contributed by atoms with Gasteiger partial charge >= 0.3 is 11.9 Å². The number of carbonyl (C=O) groups excluding carboxylic acids is 2. The third-order valence-corrected chi connectivity index (χ3v) is 3.77. The standard InChI is InChI=1S/C22H30O4/c1-3-5-7-9-13-17-25-21(23)19-15-11-12-16-20(19)22(24)26-18-14-10-8-6-4-2/h9-16H,3-8,17-18H2,1-2H3/b13-9+,14-10+. The zero-order valence-electron chi connectivity index (χ0n) is 15.9. The Labute approximate surface area is 156 Å². The lowest BCUT2D eigenvalue weighted by Crippen LogP contribution is -2.14. The second-order valence-electron chi connectivity index (χ2n) is 5.97. The molecule has 0 heterocycles. The molecule has 0 spiro atoms. The molecule has 0 unspecified atom stereocenters. The highest BCUT2D eigenvalue weighted by atomic mass is 16.5. The number of allylic oxidation sites excluding steroid dienone is 2. The number of ether oxygens (including phenoxy) is 2. The van der Waals surface area contributed by atoms with Crippen molar-refractivity contribution in [3.63, 3.8) is 0 Å². The second kappa shape index (κ2) is 13.9. The molecular formula is C22H30O4. The van der Waals surface area contributed by atoms with E-state index in [1.165, 1.54) is 0 Å². The Morgan fingerprint density at radius 2 is 1.19 bits per heavy atom. The second-order valence-corrected chi connectivity index (χ2v) is 5.97. The van der Waals surface area contributed by atoms with Crippen molar-refractivity contribution in [2.45, 2.75) is 52.4 Å². The Balaban J connectivity index is 2.54. The highest BCUT2D eigenvalue weighted by molar-refractivity contribution is 6.03. The lowest BCUT2D eigenvalue weighted by atomic mass is 10.1. The Hall–Kier alpha value is -2.36. The van der Waals surface area contributed by atoms with E-state index in [2.05, 4.69) is 13.8 Å². The molecule has 1 aromatic rings. The third kappa shape index (κ3) is 8.65. The Morgan fingerprint density at radius 3 is 1.58 bits per heavy atom. The average molecular weight is 358 g/mol. The molecule has 0 bridgehead atoms. The number of rotatable bonds is 12. The van der Waals surface area contributed by atoms with Crippen LogP contribution >= 0.6 is 0 Å². The molecule has 0 aliphatic heterocycles. The molecule has 0 aliphatic rings. The maximum absolute atomic E-state index is 12.2. The summed E-state index contributed by atoms with van der Waals surface area (Å²) in [6.07, 6.45) is 14.1. The molecule has 1 aromatic carbocycles. The first-order valence-electron chi connectivity index (χ1n) is 9.44. The van der Waals surface area contributed by atoms with Crippen molar-refractivity contribution in [2.24, 2.45) is 0 Å². The van der Waals surface area contributed by atoms with Gasteiger partial charge in [-0.15, -0.1) is 0 Å². The van der Waals surface area contributed by atoms with Crippen molar-refractivity contribution >= 4 is 11.9 Å². The fourth-order valence-electron chi connectivity index (χ4n) is 2.26. The van der Waals surface area contributed by atoms with Gasteiger partial charge in [0.25, 0.3) is 0 Å². The van der Waals surface area contributed by atoms with Crippen molar-refractivity contribution in [3.8, 4) is 0 Å². The quantitative estimate of drug-likeness (QED) is 0.281. The smallest absolute Gasteiger partial charge is 0.339 e. The van der Waals surface area contributed by atoms with Gasteiger partial charge in [0, 0.05) is 0 Å². The Bertz CT molecular complexity index is 549. The largest absolute Gasteiger partial charge is 0.458 e. The average Bonchev–Trinajstić information content (AvgIpc) is 2.67. The monoisotopic (exact) mass is 358 g/mol. The minimum absolute atomic E-state index is 0.200. The molecule has 0 atom stereocenters. The molecule has 0 fully saturated rings. The summed E-state index contributed by atoms with van der Waals surface area (Å²) < 4.78 is 10.4. The van der Waals surface area contributed by atoms with Gasteiger partial charge in [0.2, 0.25) is 0 Å². The summed E-state index contributed by atoms with van der Waals surface area (Å²) in [7, 11) is 0. The third-order valence-electron chi connectivity index (χ3n) is 3.77. The molecule has 4 heteroatoms. The van der Waals surface area contributed by atoms with E-state index in [4.69, 9.17) is 9.47 Å². The molecule has 26 heavy (non-hydrogen) atoms. The Kier molecular flexibility index (Phi) is 11.6.